The van der Waals surface area contributed by atoms with Crippen molar-refractivity contribution in [1.29, 1.82) is 0 Å². The number of rotatable bonds is 4. The molecule has 1 aromatic rings. The van der Waals surface area contributed by atoms with Crippen molar-refractivity contribution in [2.75, 3.05) is 38.1 Å². The number of para-hydroxylation sites is 1. The van der Waals surface area contributed by atoms with Crippen molar-refractivity contribution in [3.05, 3.63) is 28.2 Å². The summed E-state index contributed by atoms with van der Waals surface area (Å²) in [7, 11) is 0. The number of piperazine rings is 1. The molecule has 0 unspecified atom stereocenters. The number of hydrogen-bond acceptors (Lipinski definition) is 4. The Balaban J connectivity index is 1.92. The molecule has 1 atom stereocenters. The Morgan fingerprint density at radius 3 is 2.33 bits per heavy atom. The van der Waals surface area contributed by atoms with Crippen molar-refractivity contribution >= 4 is 40.9 Å². The van der Waals surface area contributed by atoms with Crippen molar-refractivity contribution in [2.24, 2.45) is 0 Å². The third-order valence-corrected chi connectivity index (χ3v) is 4.61. The number of hydrogen-bond donors (Lipinski definition) is 1. The van der Waals surface area contributed by atoms with E-state index >= 15 is 0 Å². The molecule has 0 aliphatic carbocycles. The predicted molar refractivity (Wildman–Crippen MR) is 94.7 cm³/mol. The largest absolute Gasteiger partial charge is 0.450 e. The molecule has 2 rings (SSSR count). The van der Waals surface area contributed by atoms with E-state index in [1.165, 1.54) is 0 Å². The van der Waals surface area contributed by atoms with Gasteiger partial charge in [-0.2, -0.15) is 0 Å². The summed E-state index contributed by atoms with van der Waals surface area (Å²) in [6, 6.07) is 4.71. The second kappa shape index (κ2) is 8.55. The van der Waals surface area contributed by atoms with Crippen LogP contribution in [0.1, 0.15) is 13.8 Å². The van der Waals surface area contributed by atoms with Gasteiger partial charge in [0.05, 0.1) is 28.4 Å². The van der Waals surface area contributed by atoms with E-state index in [9.17, 15) is 9.59 Å². The van der Waals surface area contributed by atoms with Crippen LogP contribution >= 0.6 is 23.2 Å². The number of nitrogens with zero attached hydrogens (tertiary/aromatic N) is 2. The number of amides is 2. The lowest BCUT2D eigenvalue weighted by atomic mass is 10.2. The molecule has 0 saturated carbocycles. The van der Waals surface area contributed by atoms with Crippen LogP contribution in [0.3, 0.4) is 0 Å². The summed E-state index contributed by atoms with van der Waals surface area (Å²) < 4.78 is 4.99. The molecule has 0 radical (unpaired) electrons. The number of halogens is 2. The van der Waals surface area contributed by atoms with E-state index in [-0.39, 0.29) is 18.0 Å². The molecular weight excluding hydrogens is 353 g/mol. The van der Waals surface area contributed by atoms with Gasteiger partial charge in [0.1, 0.15) is 0 Å². The molecule has 6 nitrogen and oxygen atoms in total. The van der Waals surface area contributed by atoms with Gasteiger partial charge >= 0.3 is 6.09 Å². The van der Waals surface area contributed by atoms with Crippen molar-refractivity contribution in [2.45, 2.75) is 19.9 Å². The van der Waals surface area contributed by atoms with Crippen molar-refractivity contribution in [3.63, 3.8) is 0 Å². The van der Waals surface area contributed by atoms with Crippen molar-refractivity contribution in [1.82, 2.24) is 9.80 Å². The Morgan fingerprint density at radius 2 is 1.79 bits per heavy atom. The molecule has 0 aromatic heterocycles. The average molecular weight is 374 g/mol. The van der Waals surface area contributed by atoms with Crippen molar-refractivity contribution < 1.29 is 14.3 Å². The SMILES string of the molecule is CCOC(=O)N1CCN([C@H](C)C(=O)Nc2c(Cl)cccc2Cl)CC1. The van der Waals surface area contributed by atoms with Crippen molar-refractivity contribution in [3.8, 4) is 0 Å². The van der Waals surface area contributed by atoms with Crippen LogP contribution in [0.4, 0.5) is 10.5 Å². The monoisotopic (exact) mass is 373 g/mol. The first kappa shape index (κ1) is 18.8. The zero-order chi connectivity index (χ0) is 17.7. The highest BCUT2D eigenvalue weighted by Crippen LogP contribution is 2.30. The van der Waals surface area contributed by atoms with Crippen LogP contribution in [0.25, 0.3) is 0 Å². The van der Waals surface area contributed by atoms with E-state index in [4.69, 9.17) is 27.9 Å². The Hall–Kier alpha value is -1.50. The van der Waals surface area contributed by atoms with Crippen LogP contribution in [0, 0.1) is 0 Å². The summed E-state index contributed by atoms with van der Waals surface area (Å²) in [5.41, 5.74) is 0.419. The maximum Gasteiger partial charge on any atom is 0.409 e. The Bertz CT molecular complexity index is 584. The molecule has 24 heavy (non-hydrogen) atoms. The second-order valence-electron chi connectivity index (χ2n) is 5.48. The molecule has 2 amide bonds. The summed E-state index contributed by atoms with van der Waals surface area (Å²) in [5, 5.41) is 3.58. The summed E-state index contributed by atoms with van der Waals surface area (Å²) in [6.07, 6.45) is -0.308. The molecule has 0 bridgehead atoms. The normalized spacial score (nSPS) is 16.6. The standard InChI is InChI=1S/C16H21Cl2N3O3/c1-3-24-16(23)21-9-7-20(8-10-21)11(2)15(22)19-14-12(17)5-4-6-13(14)18/h4-6,11H,3,7-10H2,1-2H3,(H,19,22)/t11-/m1/s1. The van der Waals surface area contributed by atoms with E-state index < -0.39 is 0 Å². The Labute approximate surface area is 151 Å². The number of anilines is 1. The molecule has 1 aliphatic heterocycles. The van der Waals surface area contributed by atoms with Crippen LogP contribution in [0.5, 0.6) is 0 Å². The van der Waals surface area contributed by atoms with Gasteiger partial charge in [-0.3, -0.25) is 9.69 Å². The van der Waals surface area contributed by atoms with Gasteiger partial charge < -0.3 is 15.0 Å². The molecule has 8 heteroatoms. The van der Waals surface area contributed by atoms with Gasteiger partial charge in [0.2, 0.25) is 5.91 Å². The molecule has 132 valence electrons. The van der Waals surface area contributed by atoms with Crippen LogP contribution in [-0.4, -0.2) is 60.6 Å². The number of benzene rings is 1. The van der Waals surface area contributed by atoms with E-state index in [2.05, 4.69) is 5.32 Å². The maximum atomic E-state index is 12.5. The van der Waals surface area contributed by atoms with Gasteiger partial charge in [-0.25, -0.2) is 4.79 Å². The molecule has 1 saturated heterocycles. The number of ether oxygens (including phenoxy) is 1. The van der Waals surface area contributed by atoms with Gasteiger partial charge in [-0.05, 0) is 26.0 Å². The molecule has 1 aromatic carbocycles. The summed E-state index contributed by atoms with van der Waals surface area (Å²) >= 11 is 12.2. The highest BCUT2D eigenvalue weighted by molar-refractivity contribution is 6.39. The van der Waals surface area contributed by atoms with Crippen LogP contribution < -0.4 is 5.32 Å². The number of nitrogens with one attached hydrogen (secondary N) is 1. The minimum Gasteiger partial charge on any atom is -0.450 e. The average Bonchev–Trinajstić information content (AvgIpc) is 2.58. The smallest absolute Gasteiger partial charge is 0.409 e. The number of carbonyl (C=O) groups excluding carboxylic acids is 2. The predicted octanol–water partition coefficient (Wildman–Crippen LogP) is 3.09. The minimum absolute atomic E-state index is 0.186. The molecule has 1 aliphatic rings. The summed E-state index contributed by atoms with van der Waals surface area (Å²) in [4.78, 5) is 27.8. The van der Waals surface area contributed by atoms with Crippen LogP contribution in [0.2, 0.25) is 10.0 Å². The quantitative estimate of drug-likeness (QED) is 0.880. The first-order valence-corrected chi connectivity index (χ1v) is 8.60. The first-order valence-electron chi connectivity index (χ1n) is 7.84. The van der Waals surface area contributed by atoms with Gasteiger partial charge in [-0.15, -0.1) is 0 Å². The molecule has 1 fully saturated rings. The topological polar surface area (TPSA) is 61.9 Å². The Morgan fingerprint density at radius 1 is 1.21 bits per heavy atom. The van der Waals surface area contributed by atoms with Crippen LogP contribution in [-0.2, 0) is 9.53 Å². The molecular formula is C16H21Cl2N3O3. The third kappa shape index (κ3) is 4.53. The van der Waals surface area contributed by atoms with Gasteiger partial charge in [0.25, 0.3) is 0 Å². The fraction of sp³-hybridized carbons (Fsp3) is 0.500. The summed E-state index contributed by atoms with van der Waals surface area (Å²) in [6.45, 7) is 6.22. The third-order valence-electron chi connectivity index (χ3n) is 3.98. The number of carbonyl (C=O) groups is 2. The lowest BCUT2D eigenvalue weighted by molar-refractivity contribution is -0.121. The first-order chi connectivity index (χ1) is 11.4. The Kier molecular flexibility index (Phi) is 6.71. The highest BCUT2D eigenvalue weighted by Gasteiger charge is 2.28. The second-order valence-corrected chi connectivity index (χ2v) is 6.30. The van der Waals surface area contributed by atoms with E-state index in [0.717, 1.165) is 0 Å². The molecule has 1 heterocycles. The van der Waals surface area contributed by atoms with E-state index in [1.807, 2.05) is 11.8 Å². The zero-order valence-electron chi connectivity index (χ0n) is 13.7. The fourth-order valence-corrected chi connectivity index (χ4v) is 3.01. The lowest BCUT2D eigenvalue weighted by Crippen LogP contribution is -2.54. The van der Waals surface area contributed by atoms with Gasteiger partial charge in [0, 0.05) is 26.2 Å². The van der Waals surface area contributed by atoms with E-state index in [1.54, 1.807) is 30.0 Å². The fourth-order valence-electron chi connectivity index (χ4n) is 2.52. The van der Waals surface area contributed by atoms with Crippen LogP contribution in [0.15, 0.2) is 18.2 Å². The van der Waals surface area contributed by atoms with E-state index in [0.29, 0.717) is 48.5 Å². The lowest BCUT2D eigenvalue weighted by Gasteiger charge is -2.36. The van der Waals surface area contributed by atoms with Gasteiger partial charge in [-0.1, -0.05) is 29.3 Å². The zero-order valence-corrected chi connectivity index (χ0v) is 15.2. The highest BCUT2D eigenvalue weighted by atomic mass is 35.5. The maximum absolute atomic E-state index is 12.5. The molecule has 0 spiro atoms. The van der Waals surface area contributed by atoms with Gasteiger partial charge in [0.15, 0.2) is 0 Å². The molecule has 1 N–H and O–H groups in total. The minimum atomic E-state index is -0.360. The summed E-state index contributed by atoms with van der Waals surface area (Å²) in [5.74, 6) is -0.186.